The highest BCUT2D eigenvalue weighted by Gasteiger charge is 2.16. The van der Waals surface area contributed by atoms with Gasteiger partial charge in [-0.2, -0.15) is 0 Å². The number of halogens is 2. The summed E-state index contributed by atoms with van der Waals surface area (Å²) in [7, 11) is 0. The fourth-order valence-electron chi connectivity index (χ4n) is 2.18. The van der Waals surface area contributed by atoms with Gasteiger partial charge in [-0.15, -0.1) is 0 Å². The maximum atomic E-state index is 10.3. The van der Waals surface area contributed by atoms with Gasteiger partial charge in [0.15, 0.2) is 5.58 Å². The molecular weight excluding hydrogens is 340 g/mol. The van der Waals surface area contributed by atoms with Crippen LogP contribution in [0.3, 0.4) is 0 Å². The smallest absolute Gasteiger partial charge is 0.152 e. The van der Waals surface area contributed by atoms with Gasteiger partial charge in [0, 0.05) is 16.3 Å². The predicted octanol–water partition coefficient (Wildman–Crippen LogP) is 5.12. The van der Waals surface area contributed by atoms with Gasteiger partial charge in [0.25, 0.3) is 0 Å². The number of para-hydroxylation sites is 1. The molecule has 1 heterocycles. The highest BCUT2D eigenvalue weighted by atomic mass is 79.9. The Morgan fingerprint density at radius 2 is 1.95 bits per heavy atom. The number of rotatable bonds is 3. The van der Waals surface area contributed by atoms with E-state index in [0.29, 0.717) is 22.8 Å². The first kappa shape index (κ1) is 13.7. The zero-order valence-corrected chi connectivity index (χ0v) is 12.9. The highest BCUT2D eigenvalue weighted by molar-refractivity contribution is 9.10. The van der Waals surface area contributed by atoms with Gasteiger partial charge in [-0.05, 0) is 23.8 Å². The largest absolute Gasteiger partial charge is 0.457 e. The van der Waals surface area contributed by atoms with Crippen molar-refractivity contribution in [3.63, 3.8) is 0 Å². The first-order chi connectivity index (χ1) is 9.65. The molecule has 1 atom stereocenters. The first-order valence-corrected chi connectivity index (χ1v) is 7.41. The van der Waals surface area contributed by atoms with Crippen LogP contribution in [0.1, 0.15) is 17.4 Å². The number of hydrogen-bond acceptors (Lipinski definition) is 2. The zero-order chi connectivity index (χ0) is 14.1. The molecule has 0 amide bonds. The van der Waals surface area contributed by atoms with Crippen LogP contribution in [0.5, 0.6) is 0 Å². The summed E-state index contributed by atoms with van der Waals surface area (Å²) in [5, 5.41) is 11.8. The second-order valence-electron chi connectivity index (χ2n) is 4.62. The average molecular weight is 352 g/mol. The van der Waals surface area contributed by atoms with Crippen molar-refractivity contribution in [1.29, 1.82) is 0 Å². The van der Waals surface area contributed by atoms with Crippen LogP contribution in [-0.2, 0) is 6.42 Å². The van der Waals surface area contributed by atoms with Crippen molar-refractivity contribution < 1.29 is 9.52 Å². The van der Waals surface area contributed by atoms with Crippen molar-refractivity contribution >= 4 is 38.5 Å². The Morgan fingerprint density at radius 3 is 2.70 bits per heavy atom. The molecular formula is C16H12BrClO2. The van der Waals surface area contributed by atoms with Crippen LogP contribution in [0.15, 0.2) is 57.4 Å². The molecule has 4 heteroatoms. The van der Waals surface area contributed by atoms with Crippen LogP contribution in [0.25, 0.3) is 11.0 Å². The van der Waals surface area contributed by atoms with Gasteiger partial charge in [0.05, 0.1) is 5.02 Å². The van der Waals surface area contributed by atoms with E-state index in [9.17, 15) is 5.11 Å². The summed E-state index contributed by atoms with van der Waals surface area (Å²) in [6.45, 7) is 0. The maximum absolute atomic E-state index is 10.3. The van der Waals surface area contributed by atoms with Crippen molar-refractivity contribution in [2.24, 2.45) is 0 Å². The molecule has 0 aliphatic carbocycles. The lowest BCUT2D eigenvalue weighted by atomic mass is 10.1. The van der Waals surface area contributed by atoms with E-state index >= 15 is 0 Å². The molecule has 0 saturated heterocycles. The highest BCUT2D eigenvalue weighted by Crippen LogP contribution is 2.31. The zero-order valence-electron chi connectivity index (χ0n) is 10.5. The van der Waals surface area contributed by atoms with Crippen molar-refractivity contribution in [3.05, 3.63) is 69.3 Å². The minimum Gasteiger partial charge on any atom is -0.457 e. The number of fused-ring (bicyclic) bond motifs is 1. The summed E-state index contributed by atoms with van der Waals surface area (Å²) in [6.07, 6.45) is -0.212. The minimum atomic E-state index is -0.697. The van der Waals surface area contributed by atoms with Crippen LogP contribution in [0.2, 0.25) is 5.02 Å². The SMILES string of the molecule is OC(Cc1ccccc1Br)c1cc2cccc(Cl)c2o1. The van der Waals surface area contributed by atoms with Gasteiger partial charge >= 0.3 is 0 Å². The Bertz CT molecular complexity index is 751. The Hall–Kier alpha value is -1.29. The molecule has 0 spiro atoms. The van der Waals surface area contributed by atoms with Gasteiger partial charge in [-0.1, -0.05) is 57.9 Å². The van der Waals surface area contributed by atoms with Gasteiger partial charge in [0.2, 0.25) is 0 Å². The number of furan rings is 1. The average Bonchev–Trinajstić information content (AvgIpc) is 2.87. The van der Waals surface area contributed by atoms with Crippen molar-refractivity contribution in [1.82, 2.24) is 0 Å². The Balaban J connectivity index is 1.91. The Morgan fingerprint density at radius 1 is 1.15 bits per heavy atom. The number of benzene rings is 2. The lowest BCUT2D eigenvalue weighted by molar-refractivity contribution is 0.152. The standard InChI is InChI=1S/C16H12BrClO2/c17-12-6-2-1-4-10(12)8-14(19)15-9-11-5-3-7-13(18)16(11)20-15/h1-7,9,14,19H,8H2. The van der Waals surface area contributed by atoms with Crippen LogP contribution >= 0.6 is 27.5 Å². The molecule has 102 valence electrons. The van der Waals surface area contributed by atoms with E-state index in [1.165, 1.54) is 0 Å². The van der Waals surface area contributed by atoms with E-state index in [0.717, 1.165) is 15.4 Å². The monoisotopic (exact) mass is 350 g/mol. The lowest BCUT2D eigenvalue weighted by Gasteiger charge is -2.09. The van der Waals surface area contributed by atoms with Gasteiger partial charge in [-0.25, -0.2) is 0 Å². The van der Waals surface area contributed by atoms with Crippen molar-refractivity contribution in [2.45, 2.75) is 12.5 Å². The van der Waals surface area contributed by atoms with Crippen molar-refractivity contribution in [2.75, 3.05) is 0 Å². The third-order valence-electron chi connectivity index (χ3n) is 3.21. The second-order valence-corrected chi connectivity index (χ2v) is 5.88. The Kier molecular flexibility index (Phi) is 3.83. The number of hydrogen-bond donors (Lipinski definition) is 1. The molecule has 2 nitrogen and oxygen atoms in total. The number of aliphatic hydroxyl groups is 1. The van der Waals surface area contributed by atoms with Crippen LogP contribution < -0.4 is 0 Å². The fourth-order valence-corrected chi connectivity index (χ4v) is 2.85. The quantitative estimate of drug-likeness (QED) is 0.710. The lowest BCUT2D eigenvalue weighted by Crippen LogP contribution is -2.00. The molecule has 3 aromatic rings. The fraction of sp³-hybridized carbons (Fsp3) is 0.125. The third-order valence-corrected chi connectivity index (χ3v) is 4.29. The Labute approximate surface area is 130 Å². The first-order valence-electron chi connectivity index (χ1n) is 6.24. The molecule has 1 unspecified atom stereocenters. The molecule has 2 aromatic carbocycles. The minimum absolute atomic E-state index is 0.485. The molecule has 0 aliphatic heterocycles. The van der Waals surface area contributed by atoms with E-state index in [1.807, 2.05) is 42.5 Å². The summed E-state index contributed by atoms with van der Waals surface area (Å²) >= 11 is 9.56. The molecule has 0 radical (unpaired) electrons. The summed E-state index contributed by atoms with van der Waals surface area (Å²) in [4.78, 5) is 0. The van der Waals surface area contributed by atoms with E-state index < -0.39 is 6.10 Å². The van der Waals surface area contributed by atoms with Crippen LogP contribution in [-0.4, -0.2) is 5.11 Å². The summed E-state index contributed by atoms with van der Waals surface area (Å²) in [6, 6.07) is 15.2. The molecule has 3 rings (SSSR count). The van der Waals surface area contributed by atoms with Gasteiger partial charge in [-0.3, -0.25) is 0 Å². The molecule has 0 bridgehead atoms. The van der Waals surface area contributed by atoms with Gasteiger partial charge < -0.3 is 9.52 Å². The van der Waals surface area contributed by atoms with Crippen molar-refractivity contribution in [3.8, 4) is 0 Å². The molecule has 0 saturated carbocycles. The summed E-state index contributed by atoms with van der Waals surface area (Å²) < 4.78 is 6.66. The van der Waals surface area contributed by atoms with Crippen LogP contribution in [0.4, 0.5) is 0 Å². The second kappa shape index (κ2) is 5.60. The molecule has 1 N–H and O–H groups in total. The van der Waals surface area contributed by atoms with E-state index in [1.54, 1.807) is 6.07 Å². The molecule has 0 fully saturated rings. The van der Waals surface area contributed by atoms with E-state index in [-0.39, 0.29) is 0 Å². The summed E-state index contributed by atoms with van der Waals surface area (Å²) in [5.74, 6) is 0.531. The third kappa shape index (κ3) is 2.62. The number of aliphatic hydroxyl groups excluding tert-OH is 1. The molecule has 20 heavy (non-hydrogen) atoms. The topological polar surface area (TPSA) is 33.4 Å². The molecule has 0 aliphatic rings. The predicted molar refractivity (Wildman–Crippen MR) is 84.0 cm³/mol. The van der Waals surface area contributed by atoms with E-state index in [2.05, 4.69) is 15.9 Å². The van der Waals surface area contributed by atoms with Gasteiger partial charge in [0.1, 0.15) is 11.9 Å². The molecule has 1 aromatic heterocycles. The van der Waals surface area contributed by atoms with Crippen LogP contribution in [0, 0.1) is 0 Å². The summed E-state index contributed by atoms with van der Waals surface area (Å²) in [5.41, 5.74) is 1.65. The maximum Gasteiger partial charge on any atom is 0.152 e. The van der Waals surface area contributed by atoms with E-state index in [4.69, 9.17) is 16.0 Å². The normalized spacial score (nSPS) is 12.8.